The van der Waals surface area contributed by atoms with Crippen LogP contribution in [-0.2, 0) is 16.5 Å². The van der Waals surface area contributed by atoms with Gasteiger partial charge in [-0.05, 0) is 54.4 Å². The molecule has 8 heteroatoms. The van der Waals surface area contributed by atoms with Gasteiger partial charge in [-0.1, -0.05) is 51.5 Å². The van der Waals surface area contributed by atoms with Gasteiger partial charge in [0.1, 0.15) is 10.6 Å². The number of fused-ring (bicyclic) bond motifs is 3. The average molecular weight is 457 g/mol. The molecule has 0 bridgehead atoms. The number of thiophene rings is 1. The minimum atomic E-state index is -3.86. The largest absolute Gasteiger partial charge is 0.482 e. The van der Waals surface area contributed by atoms with E-state index in [1.807, 2.05) is 12.1 Å². The summed E-state index contributed by atoms with van der Waals surface area (Å²) in [5.41, 5.74) is 1.24. The smallest absolute Gasteiger partial charge is 0.429 e. The lowest BCUT2D eigenvalue weighted by Crippen LogP contribution is -2.09. The van der Waals surface area contributed by atoms with Crippen LogP contribution in [0.3, 0.4) is 0 Å². The highest BCUT2D eigenvalue weighted by Crippen LogP contribution is 2.36. The molecule has 31 heavy (non-hydrogen) atoms. The maximum atomic E-state index is 12.6. The maximum absolute atomic E-state index is 12.6. The van der Waals surface area contributed by atoms with Crippen LogP contribution in [0.15, 0.2) is 71.6 Å². The van der Waals surface area contributed by atoms with Gasteiger partial charge in [0.2, 0.25) is 0 Å². The van der Waals surface area contributed by atoms with Crippen molar-refractivity contribution in [2.45, 2.75) is 38.5 Å². The van der Waals surface area contributed by atoms with Crippen LogP contribution in [-0.4, -0.2) is 26.2 Å². The van der Waals surface area contributed by atoms with Crippen molar-refractivity contribution < 1.29 is 22.6 Å². The summed E-state index contributed by atoms with van der Waals surface area (Å²) >= 11 is 1.67. The molecule has 1 aromatic heterocycles. The molecule has 0 saturated heterocycles. The third-order valence-corrected chi connectivity index (χ3v) is 6.55. The Morgan fingerprint density at radius 1 is 0.871 bits per heavy atom. The van der Waals surface area contributed by atoms with E-state index in [2.05, 4.69) is 39.0 Å². The molecule has 0 unspecified atom stereocenters. The maximum Gasteiger partial charge on any atom is 0.482 e. The Bertz CT molecular complexity index is 1200. The first-order valence-electron chi connectivity index (χ1n) is 9.94. The molecule has 0 aliphatic heterocycles. The van der Waals surface area contributed by atoms with Gasteiger partial charge in [0.25, 0.3) is 0 Å². The highest BCUT2D eigenvalue weighted by molar-refractivity contribution is 7.87. The van der Waals surface area contributed by atoms with E-state index in [0.29, 0.717) is 5.75 Å². The lowest BCUT2D eigenvalue weighted by molar-refractivity contribution is 0.448. The molecule has 1 radical (unpaired) electrons. The quantitative estimate of drug-likeness (QED) is 0.321. The predicted molar refractivity (Wildman–Crippen MR) is 129 cm³/mol. The Morgan fingerprint density at radius 2 is 1.42 bits per heavy atom. The second-order valence-corrected chi connectivity index (χ2v) is 9.25. The van der Waals surface area contributed by atoms with E-state index in [1.165, 1.54) is 12.0 Å². The molecule has 0 amide bonds. The van der Waals surface area contributed by atoms with Gasteiger partial charge >= 0.3 is 17.8 Å². The lowest BCUT2D eigenvalue weighted by atomic mass is 10.1. The molecule has 2 N–H and O–H groups in total. The van der Waals surface area contributed by atoms with Crippen molar-refractivity contribution in [3.05, 3.63) is 72.3 Å². The van der Waals surface area contributed by atoms with E-state index in [-0.39, 0.29) is 12.6 Å². The van der Waals surface area contributed by atoms with Crippen LogP contribution in [0.1, 0.15) is 32.8 Å². The zero-order chi connectivity index (χ0) is 22.9. The lowest BCUT2D eigenvalue weighted by Gasteiger charge is -2.07. The third kappa shape index (κ3) is 6.55. The molecule has 163 valence electrons. The second kappa shape index (κ2) is 11.9. The molecular weight excluding hydrogens is 431 g/mol. The SMILES string of the molecule is CCC.CCc1ccc2sc3ccc(S(=O)(=O)Oc4ccccc4)cc3c2c1.O[B]O. The van der Waals surface area contributed by atoms with Crippen molar-refractivity contribution in [3.8, 4) is 5.75 Å². The Labute approximate surface area is 188 Å². The Kier molecular flexibility index (Phi) is 9.52. The summed E-state index contributed by atoms with van der Waals surface area (Å²) in [4.78, 5) is 0.172. The zero-order valence-electron chi connectivity index (χ0n) is 17.8. The molecule has 5 nitrogen and oxygen atoms in total. The van der Waals surface area contributed by atoms with E-state index >= 15 is 0 Å². The standard InChI is InChI=1S/C20H16O3S2.C3H8.BH2O2/c1-2-14-8-10-19-17(12-14)18-13-16(9-11-20(18)24-19)25(21,22)23-15-6-4-3-5-7-15;1-3-2;2-1-3/h3-13H,2H2,1H3;3H2,1-2H3;2-3H. The van der Waals surface area contributed by atoms with Gasteiger partial charge in [-0.2, -0.15) is 8.42 Å². The minimum Gasteiger partial charge on any atom is -0.429 e. The van der Waals surface area contributed by atoms with E-state index < -0.39 is 10.1 Å². The molecule has 4 rings (SSSR count). The normalized spacial score (nSPS) is 10.6. The number of aryl methyl sites for hydroxylation is 1. The molecule has 4 aromatic rings. The zero-order valence-corrected chi connectivity index (χ0v) is 19.4. The van der Waals surface area contributed by atoms with Gasteiger partial charge < -0.3 is 14.2 Å². The van der Waals surface area contributed by atoms with Crippen LogP contribution in [0.25, 0.3) is 20.2 Å². The summed E-state index contributed by atoms with van der Waals surface area (Å²) in [6.45, 7) is 6.36. The van der Waals surface area contributed by atoms with Crippen molar-refractivity contribution >= 4 is 49.3 Å². The molecule has 0 aliphatic rings. The number of rotatable bonds is 4. The van der Waals surface area contributed by atoms with E-state index in [0.717, 1.165) is 26.6 Å². The number of para-hydroxylation sites is 1. The number of benzene rings is 3. The minimum absolute atomic E-state index is 0. The third-order valence-electron chi connectivity index (χ3n) is 4.15. The number of hydrogen-bond acceptors (Lipinski definition) is 6. The van der Waals surface area contributed by atoms with Crippen LogP contribution < -0.4 is 4.18 Å². The van der Waals surface area contributed by atoms with Crippen LogP contribution in [0, 0.1) is 0 Å². The second-order valence-electron chi connectivity index (χ2n) is 6.62. The number of hydrogen-bond donors (Lipinski definition) is 2. The molecule has 1 heterocycles. The fourth-order valence-electron chi connectivity index (χ4n) is 2.83. The molecule has 0 aliphatic carbocycles. The van der Waals surface area contributed by atoms with Crippen molar-refractivity contribution in [1.82, 2.24) is 0 Å². The first-order chi connectivity index (χ1) is 14.9. The molecule has 0 fully saturated rings. The molecule has 0 atom stereocenters. The van der Waals surface area contributed by atoms with Crippen LogP contribution >= 0.6 is 11.3 Å². The van der Waals surface area contributed by atoms with Crippen molar-refractivity contribution in [2.75, 3.05) is 0 Å². The van der Waals surface area contributed by atoms with Crippen LogP contribution in [0.4, 0.5) is 0 Å². The predicted octanol–water partition coefficient (Wildman–Crippen LogP) is 5.31. The highest BCUT2D eigenvalue weighted by Gasteiger charge is 2.18. The summed E-state index contributed by atoms with van der Waals surface area (Å²) in [7, 11) is -3.86. The van der Waals surface area contributed by atoms with Crippen molar-refractivity contribution in [3.63, 3.8) is 0 Å². The summed E-state index contributed by atoms with van der Waals surface area (Å²) < 4.78 is 32.7. The van der Waals surface area contributed by atoms with Gasteiger partial charge in [0, 0.05) is 20.2 Å². The summed E-state index contributed by atoms with van der Waals surface area (Å²) in [6, 6.07) is 20.1. The summed E-state index contributed by atoms with van der Waals surface area (Å²) in [5, 5.41) is 16.0. The molecule has 0 spiro atoms. The summed E-state index contributed by atoms with van der Waals surface area (Å²) in [6.07, 6.45) is 2.20. The van der Waals surface area contributed by atoms with Gasteiger partial charge in [-0.15, -0.1) is 11.3 Å². The molecule has 3 aromatic carbocycles. The molecular formula is C23H26BO5S2. The fourth-order valence-corrected chi connectivity index (χ4v) is 4.85. The fraction of sp³-hybridized carbons (Fsp3) is 0.217. The Balaban J connectivity index is 0.000000513. The van der Waals surface area contributed by atoms with Gasteiger partial charge in [-0.3, -0.25) is 0 Å². The van der Waals surface area contributed by atoms with Gasteiger partial charge in [0.15, 0.2) is 0 Å². The average Bonchev–Trinajstić information content (AvgIpc) is 3.12. The Morgan fingerprint density at radius 3 is 2.00 bits per heavy atom. The highest BCUT2D eigenvalue weighted by atomic mass is 32.2. The first kappa shape index (κ1) is 24.9. The summed E-state index contributed by atoms with van der Waals surface area (Å²) in [5.74, 6) is 0.311. The van der Waals surface area contributed by atoms with Crippen LogP contribution in [0.2, 0.25) is 0 Å². The van der Waals surface area contributed by atoms with E-state index in [9.17, 15) is 8.42 Å². The van der Waals surface area contributed by atoms with Crippen molar-refractivity contribution in [1.29, 1.82) is 0 Å². The topological polar surface area (TPSA) is 83.8 Å². The molecule has 0 saturated carbocycles. The van der Waals surface area contributed by atoms with Gasteiger partial charge in [-0.25, -0.2) is 0 Å². The van der Waals surface area contributed by atoms with Gasteiger partial charge in [0.05, 0.1) is 0 Å². The first-order valence-corrected chi connectivity index (χ1v) is 12.2. The monoisotopic (exact) mass is 457 g/mol. The van der Waals surface area contributed by atoms with Crippen molar-refractivity contribution in [2.24, 2.45) is 0 Å². The Hall–Kier alpha value is -2.39. The van der Waals surface area contributed by atoms with E-state index in [1.54, 1.807) is 47.7 Å². The van der Waals surface area contributed by atoms with Crippen LogP contribution in [0.5, 0.6) is 5.75 Å². The van der Waals surface area contributed by atoms with E-state index in [4.69, 9.17) is 14.2 Å².